The third-order valence-electron chi connectivity index (χ3n) is 4.40. The van der Waals surface area contributed by atoms with E-state index in [2.05, 4.69) is 27.7 Å². The summed E-state index contributed by atoms with van der Waals surface area (Å²) in [5, 5.41) is 9.31. The van der Waals surface area contributed by atoms with Crippen LogP contribution in [0.5, 0.6) is 5.75 Å². The maximum atomic E-state index is 12.3. The molecule has 2 N–H and O–H groups in total. The molecule has 6 nitrogen and oxygen atoms in total. The summed E-state index contributed by atoms with van der Waals surface area (Å²) in [5.74, 6) is 0.690. The normalized spacial score (nSPS) is 10.9. The third kappa shape index (κ3) is 3.25. The van der Waals surface area contributed by atoms with Crippen LogP contribution in [-0.4, -0.2) is 24.8 Å². The lowest BCUT2D eigenvalue weighted by atomic mass is 9.93. The average Bonchev–Trinajstić information content (AvgIpc) is 2.96. The van der Waals surface area contributed by atoms with Gasteiger partial charge in [-0.25, -0.2) is 4.79 Å². The molecule has 2 rings (SSSR count). The lowest BCUT2D eigenvalue weighted by Crippen LogP contribution is -2.12. The number of ether oxygens (including phenoxy) is 2. The fourth-order valence-corrected chi connectivity index (χ4v) is 3.01. The Hall–Kier alpha value is -2.94. The van der Waals surface area contributed by atoms with Gasteiger partial charge in [0.2, 0.25) is 0 Å². The molecule has 6 heteroatoms. The number of hydrogen-bond donors (Lipinski definition) is 1. The summed E-state index contributed by atoms with van der Waals surface area (Å²) in [5.41, 5.74) is 9.30. The lowest BCUT2D eigenvalue weighted by Gasteiger charge is -2.21. The average molecular weight is 355 g/mol. The molecule has 1 aromatic heterocycles. The first-order valence-corrected chi connectivity index (χ1v) is 8.48. The smallest absolute Gasteiger partial charge is 0.357 e. The Kier molecular flexibility index (Phi) is 5.61. The minimum atomic E-state index is -0.586. The SMILES string of the molecule is COC(=O)c1c(N)c(C#N)cn1-c1cc(C(C)C)c(OC)c(C(C)C)c1. The van der Waals surface area contributed by atoms with Crippen LogP contribution in [0.25, 0.3) is 5.69 Å². The van der Waals surface area contributed by atoms with Gasteiger partial charge < -0.3 is 19.8 Å². The van der Waals surface area contributed by atoms with Crippen LogP contribution >= 0.6 is 0 Å². The quantitative estimate of drug-likeness (QED) is 0.820. The minimum absolute atomic E-state index is 0.118. The maximum absolute atomic E-state index is 12.3. The van der Waals surface area contributed by atoms with Crippen LogP contribution in [0.15, 0.2) is 18.3 Å². The Morgan fingerprint density at radius 3 is 2.08 bits per heavy atom. The summed E-state index contributed by atoms with van der Waals surface area (Å²) < 4.78 is 12.1. The van der Waals surface area contributed by atoms with E-state index in [0.29, 0.717) is 0 Å². The predicted octanol–water partition coefficient (Wildman–Crippen LogP) is 3.97. The van der Waals surface area contributed by atoms with Gasteiger partial charge in [0.25, 0.3) is 0 Å². The van der Waals surface area contributed by atoms with Crippen LogP contribution in [0.1, 0.15) is 66.7 Å². The number of hydrogen-bond acceptors (Lipinski definition) is 5. The molecule has 0 saturated heterocycles. The van der Waals surface area contributed by atoms with Gasteiger partial charge in [-0.05, 0) is 35.1 Å². The standard InChI is InChI=1S/C20H25N3O3/c1-11(2)15-7-14(8-16(12(3)4)19(15)25-5)23-10-13(9-21)17(22)18(23)20(24)26-6/h7-8,10-12H,22H2,1-6H3. The van der Waals surface area contributed by atoms with Gasteiger partial charge in [0.1, 0.15) is 11.8 Å². The molecule has 0 aliphatic carbocycles. The van der Waals surface area contributed by atoms with E-state index in [1.165, 1.54) is 7.11 Å². The number of nitrogens with zero attached hydrogens (tertiary/aromatic N) is 2. The molecule has 0 aliphatic heterocycles. The summed E-state index contributed by atoms with van der Waals surface area (Å²) >= 11 is 0. The largest absolute Gasteiger partial charge is 0.496 e. The van der Waals surface area contributed by atoms with Gasteiger partial charge in [-0.15, -0.1) is 0 Å². The van der Waals surface area contributed by atoms with Crippen molar-refractivity contribution < 1.29 is 14.3 Å². The number of methoxy groups -OCH3 is 2. The third-order valence-corrected chi connectivity index (χ3v) is 4.40. The highest BCUT2D eigenvalue weighted by Gasteiger charge is 2.24. The molecule has 0 unspecified atom stereocenters. The van der Waals surface area contributed by atoms with E-state index in [1.807, 2.05) is 18.2 Å². The van der Waals surface area contributed by atoms with E-state index in [4.69, 9.17) is 15.2 Å². The number of aromatic nitrogens is 1. The van der Waals surface area contributed by atoms with Crippen molar-refractivity contribution >= 4 is 11.7 Å². The summed E-state index contributed by atoms with van der Waals surface area (Å²) in [6.07, 6.45) is 1.57. The van der Waals surface area contributed by atoms with Crippen molar-refractivity contribution in [3.8, 4) is 17.5 Å². The minimum Gasteiger partial charge on any atom is -0.496 e. The van der Waals surface area contributed by atoms with Crippen molar-refractivity contribution in [1.29, 1.82) is 5.26 Å². The molecule has 0 aliphatic rings. The number of nitrogens with two attached hydrogens (primary N) is 1. The topological polar surface area (TPSA) is 90.3 Å². The zero-order valence-electron chi connectivity index (χ0n) is 16.1. The van der Waals surface area contributed by atoms with Crippen LogP contribution < -0.4 is 10.5 Å². The van der Waals surface area contributed by atoms with E-state index < -0.39 is 5.97 Å². The summed E-state index contributed by atoms with van der Waals surface area (Å²) in [4.78, 5) is 12.3. The first kappa shape index (κ1) is 19.4. The number of carbonyl (C=O) groups is 1. The van der Waals surface area contributed by atoms with Crippen LogP contribution in [0.2, 0.25) is 0 Å². The Bertz CT molecular complexity index is 844. The maximum Gasteiger partial charge on any atom is 0.357 e. The summed E-state index contributed by atoms with van der Waals surface area (Å²) in [6, 6.07) is 5.95. The molecule has 1 aromatic carbocycles. The monoisotopic (exact) mass is 355 g/mol. The van der Waals surface area contributed by atoms with Gasteiger partial charge in [-0.1, -0.05) is 27.7 Å². The van der Waals surface area contributed by atoms with E-state index in [9.17, 15) is 10.1 Å². The van der Waals surface area contributed by atoms with Gasteiger partial charge in [0.15, 0.2) is 5.69 Å². The number of carbonyl (C=O) groups excluding carboxylic acids is 1. The number of rotatable bonds is 5. The van der Waals surface area contributed by atoms with Gasteiger partial charge in [0, 0.05) is 11.9 Å². The first-order valence-electron chi connectivity index (χ1n) is 8.48. The number of esters is 1. The molecule has 138 valence electrons. The first-order chi connectivity index (χ1) is 12.3. The molecule has 2 aromatic rings. The van der Waals surface area contributed by atoms with E-state index >= 15 is 0 Å². The number of benzene rings is 1. The van der Waals surface area contributed by atoms with Crippen LogP contribution in [0, 0.1) is 11.3 Å². The zero-order valence-corrected chi connectivity index (χ0v) is 16.1. The fourth-order valence-electron chi connectivity index (χ4n) is 3.01. The van der Waals surface area contributed by atoms with Crippen LogP contribution in [0.4, 0.5) is 5.69 Å². The van der Waals surface area contributed by atoms with Crippen LogP contribution in [0.3, 0.4) is 0 Å². The summed E-state index contributed by atoms with van der Waals surface area (Å²) in [7, 11) is 2.95. The zero-order chi connectivity index (χ0) is 19.6. The molecule has 0 amide bonds. The van der Waals surface area contributed by atoms with Gasteiger partial charge in [0.05, 0.1) is 25.5 Å². The van der Waals surface area contributed by atoms with E-state index in [1.54, 1.807) is 17.9 Å². The Morgan fingerprint density at radius 1 is 1.15 bits per heavy atom. The van der Waals surface area contributed by atoms with Crippen molar-refractivity contribution in [2.45, 2.75) is 39.5 Å². The Labute approximate surface area is 154 Å². The highest BCUT2D eigenvalue weighted by molar-refractivity contribution is 5.96. The Balaban J connectivity index is 2.85. The number of nitrogen functional groups attached to an aromatic ring is 1. The highest BCUT2D eigenvalue weighted by atomic mass is 16.5. The number of anilines is 1. The molecular formula is C20H25N3O3. The van der Waals surface area contributed by atoms with Crippen LogP contribution in [-0.2, 0) is 4.74 Å². The van der Waals surface area contributed by atoms with E-state index in [-0.39, 0.29) is 28.8 Å². The molecule has 0 saturated carbocycles. The highest BCUT2D eigenvalue weighted by Crippen LogP contribution is 2.37. The van der Waals surface area contributed by atoms with Crippen molar-refractivity contribution in [2.75, 3.05) is 20.0 Å². The second-order valence-electron chi connectivity index (χ2n) is 6.75. The van der Waals surface area contributed by atoms with Crippen molar-refractivity contribution in [2.24, 2.45) is 0 Å². The molecule has 0 spiro atoms. The number of nitriles is 1. The Morgan fingerprint density at radius 2 is 1.69 bits per heavy atom. The molecule has 26 heavy (non-hydrogen) atoms. The molecule has 0 bridgehead atoms. The van der Waals surface area contributed by atoms with Gasteiger partial charge in [-0.3, -0.25) is 0 Å². The lowest BCUT2D eigenvalue weighted by molar-refractivity contribution is 0.0593. The second kappa shape index (κ2) is 7.52. The second-order valence-corrected chi connectivity index (χ2v) is 6.75. The predicted molar refractivity (Wildman–Crippen MR) is 101 cm³/mol. The molecular weight excluding hydrogens is 330 g/mol. The summed E-state index contributed by atoms with van der Waals surface area (Å²) in [6.45, 7) is 8.32. The van der Waals surface area contributed by atoms with Gasteiger partial charge >= 0.3 is 5.97 Å². The molecule has 0 atom stereocenters. The molecule has 0 fully saturated rings. The van der Waals surface area contributed by atoms with Crippen molar-refractivity contribution in [1.82, 2.24) is 4.57 Å². The molecule has 1 heterocycles. The van der Waals surface area contributed by atoms with Crippen molar-refractivity contribution in [3.05, 3.63) is 40.7 Å². The van der Waals surface area contributed by atoms with Gasteiger partial charge in [-0.2, -0.15) is 5.26 Å². The van der Waals surface area contributed by atoms with E-state index in [0.717, 1.165) is 22.6 Å². The fraction of sp³-hybridized carbons (Fsp3) is 0.400. The molecule has 0 radical (unpaired) electrons. The van der Waals surface area contributed by atoms with Crippen molar-refractivity contribution in [3.63, 3.8) is 0 Å².